The molecule has 1 amide bonds. The van der Waals surface area contributed by atoms with E-state index in [1.54, 1.807) is 25.1 Å². The van der Waals surface area contributed by atoms with E-state index in [0.717, 1.165) is 18.8 Å². The van der Waals surface area contributed by atoms with Gasteiger partial charge < -0.3 is 15.5 Å². The third-order valence-electron chi connectivity index (χ3n) is 3.84. The van der Waals surface area contributed by atoms with E-state index in [4.69, 9.17) is 5.73 Å². The second-order valence-corrected chi connectivity index (χ2v) is 5.60. The number of hydrogen-bond acceptors (Lipinski definition) is 3. The summed E-state index contributed by atoms with van der Waals surface area (Å²) in [4.78, 5) is 16.2. The highest BCUT2D eigenvalue weighted by molar-refractivity contribution is 6.00. The van der Waals surface area contributed by atoms with Gasteiger partial charge in [0.05, 0.1) is 11.3 Å². The van der Waals surface area contributed by atoms with Crippen LogP contribution in [0.5, 0.6) is 0 Å². The molecule has 0 unspecified atom stereocenters. The van der Waals surface area contributed by atoms with Gasteiger partial charge in [-0.05, 0) is 29.3 Å². The topological polar surface area (TPSA) is 49.6 Å². The van der Waals surface area contributed by atoms with Crippen molar-refractivity contribution in [2.75, 3.05) is 24.7 Å². The van der Waals surface area contributed by atoms with Gasteiger partial charge in [0, 0.05) is 32.9 Å². The number of benzene rings is 2. The number of carbonyl (C=O) groups is 1. The molecule has 0 fully saturated rings. The molecule has 0 aliphatic carbocycles. The molecule has 0 saturated heterocycles. The number of nitrogens with two attached hydrogens (primary N) is 1. The lowest BCUT2D eigenvalue weighted by atomic mass is 10.1. The first-order valence-corrected chi connectivity index (χ1v) is 6.99. The highest BCUT2D eigenvalue weighted by Crippen LogP contribution is 2.32. The minimum atomic E-state index is 0.000885. The van der Waals surface area contributed by atoms with E-state index in [2.05, 4.69) is 17.0 Å². The summed E-state index contributed by atoms with van der Waals surface area (Å²) in [6.07, 6.45) is 0. The van der Waals surface area contributed by atoms with Crippen LogP contribution < -0.4 is 10.6 Å². The number of hydrogen-bond donors (Lipinski definition) is 1. The van der Waals surface area contributed by atoms with E-state index in [1.807, 2.05) is 24.3 Å². The predicted molar refractivity (Wildman–Crippen MR) is 85.2 cm³/mol. The van der Waals surface area contributed by atoms with E-state index in [0.29, 0.717) is 11.3 Å². The van der Waals surface area contributed by atoms with Gasteiger partial charge in [0.2, 0.25) is 0 Å². The van der Waals surface area contributed by atoms with Crippen LogP contribution in [0.1, 0.15) is 21.5 Å². The van der Waals surface area contributed by atoms with Gasteiger partial charge in [-0.3, -0.25) is 4.79 Å². The molecule has 0 atom stereocenters. The first-order chi connectivity index (χ1) is 10.1. The molecule has 0 saturated carbocycles. The van der Waals surface area contributed by atoms with Crippen LogP contribution in [-0.4, -0.2) is 24.9 Å². The van der Waals surface area contributed by atoms with Crippen molar-refractivity contribution >= 4 is 17.3 Å². The van der Waals surface area contributed by atoms with Crippen LogP contribution in [0.3, 0.4) is 0 Å². The monoisotopic (exact) mass is 281 g/mol. The zero-order valence-electron chi connectivity index (χ0n) is 12.3. The molecule has 2 N–H and O–H groups in total. The molecule has 4 heteroatoms. The van der Waals surface area contributed by atoms with Crippen molar-refractivity contribution in [3.63, 3.8) is 0 Å². The van der Waals surface area contributed by atoms with Crippen molar-refractivity contribution in [2.45, 2.75) is 13.1 Å². The Balaban J connectivity index is 2.00. The van der Waals surface area contributed by atoms with E-state index < -0.39 is 0 Å². The SMILES string of the molecule is CN(C)C(=O)c1ccc(N)cc1N1Cc2ccccc2C1. The Bertz CT molecular complexity index is 669. The second-order valence-electron chi connectivity index (χ2n) is 5.60. The lowest BCUT2D eigenvalue weighted by molar-refractivity contribution is 0.0828. The smallest absolute Gasteiger partial charge is 0.255 e. The molecule has 0 spiro atoms. The summed E-state index contributed by atoms with van der Waals surface area (Å²) in [7, 11) is 3.53. The van der Waals surface area contributed by atoms with Gasteiger partial charge in [0.25, 0.3) is 5.91 Å². The number of fused-ring (bicyclic) bond motifs is 1. The predicted octanol–water partition coefficient (Wildman–Crippen LogP) is 2.49. The molecular weight excluding hydrogens is 262 g/mol. The fourth-order valence-corrected chi connectivity index (χ4v) is 2.74. The Hall–Kier alpha value is -2.49. The summed E-state index contributed by atoms with van der Waals surface area (Å²) in [6.45, 7) is 1.63. The lowest BCUT2D eigenvalue weighted by Gasteiger charge is -2.23. The zero-order chi connectivity index (χ0) is 15.0. The van der Waals surface area contributed by atoms with Crippen LogP contribution >= 0.6 is 0 Å². The number of amides is 1. The van der Waals surface area contributed by atoms with E-state index in [9.17, 15) is 4.79 Å². The number of anilines is 2. The van der Waals surface area contributed by atoms with Gasteiger partial charge in [-0.2, -0.15) is 0 Å². The van der Waals surface area contributed by atoms with Crippen LogP contribution in [0.4, 0.5) is 11.4 Å². The minimum absolute atomic E-state index is 0.000885. The number of nitrogens with zero attached hydrogens (tertiary/aromatic N) is 2. The Morgan fingerprint density at radius 2 is 1.71 bits per heavy atom. The van der Waals surface area contributed by atoms with Crippen molar-refractivity contribution in [3.05, 3.63) is 59.2 Å². The largest absolute Gasteiger partial charge is 0.399 e. The van der Waals surface area contributed by atoms with Gasteiger partial charge in [-0.15, -0.1) is 0 Å². The van der Waals surface area contributed by atoms with Gasteiger partial charge in [0.15, 0.2) is 0 Å². The summed E-state index contributed by atoms with van der Waals surface area (Å²) in [5.41, 5.74) is 10.8. The Morgan fingerprint density at radius 3 is 2.29 bits per heavy atom. The summed E-state index contributed by atoms with van der Waals surface area (Å²) in [5, 5.41) is 0. The maximum absolute atomic E-state index is 12.4. The van der Waals surface area contributed by atoms with Crippen molar-refractivity contribution in [1.82, 2.24) is 4.90 Å². The third-order valence-corrected chi connectivity index (χ3v) is 3.84. The highest BCUT2D eigenvalue weighted by Gasteiger charge is 2.23. The van der Waals surface area contributed by atoms with Crippen LogP contribution in [0.15, 0.2) is 42.5 Å². The van der Waals surface area contributed by atoms with Gasteiger partial charge in [-0.25, -0.2) is 0 Å². The summed E-state index contributed by atoms with van der Waals surface area (Å²) in [6, 6.07) is 13.9. The normalized spacial score (nSPS) is 13.1. The molecule has 1 aliphatic heterocycles. The standard InChI is InChI=1S/C17H19N3O/c1-19(2)17(21)15-8-7-14(18)9-16(15)20-10-12-5-3-4-6-13(12)11-20/h3-9H,10-11,18H2,1-2H3. The molecule has 0 aromatic heterocycles. The molecule has 3 rings (SSSR count). The second kappa shape index (κ2) is 5.13. The fraction of sp³-hybridized carbons (Fsp3) is 0.235. The highest BCUT2D eigenvalue weighted by atomic mass is 16.2. The number of nitrogen functional groups attached to an aromatic ring is 1. The Morgan fingerprint density at radius 1 is 1.10 bits per heavy atom. The molecule has 4 nitrogen and oxygen atoms in total. The molecule has 2 aromatic carbocycles. The summed E-state index contributed by atoms with van der Waals surface area (Å²) in [5.74, 6) is 0.000885. The summed E-state index contributed by atoms with van der Waals surface area (Å²) >= 11 is 0. The lowest BCUT2D eigenvalue weighted by Crippen LogP contribution is -2.25. The van der Waals surface area contributed by atoms with Gasteiger partial charge in [-0.1, -0.05) is 24.3 Å². The van der Waals surface area contributed by atoms with Crippen molar-refractivity contribution < 1.29 is 4.79 Å². The maximum atomic E-state index is 12.4. The van der Waals surface area contributed by atoms with E-state index in [-0.39, 0.29) is 5.91 Å². The van der Waals surface area contributed by atoms with Crippen LogP contribution in [0, 0.1) is 0 Å². The van der Waals surface area contributed by atoms with Crippen LogP contribution in [-0.2, 0) is 13.1 Å². The molecule has 0 bridgehead atoms. The molecule has 0 radical (unpaired) electrons. The zero-order valence-corrected chi connectivity index (χ0v) is 12.3. The van der Waals surface area contributed by atoms with Crippen molar-refractivity contribution in [2.24, 2.45) is 0 Å². The molecule has 1 heterocycles. The molecular formula is C17H19N3O. The van der Waals surface area contributed by atoms with E-state index in [1.165, 1.54) is 11.1 Å². The van der Waals surface area contributed by atoms with Gasteiger partial charge in [0.1, 0.15) is 0 Å². The first-order valence-electron chi connectivity index (χ1n) is 6.99. The fourth-order valence-electron chi connectivity index (χ4n) is 2.74. The van der Waals surface area contributed by atoms with Crippen molar-refractivity contribution in [1.29, 1.82) is 0 Å². The van der Waals surface area contributed by atoms with E-state index >= 15 is 0 Å². The maximum Gasteiger partial charge on any atom is 0.255 e. The minimum Gasteiger partial charge on any atom is -0.399 e. The molecule has 108 valence electrons. The molecule has 1 aliphatic rings. The average Bonchev–Trinajstić information content (AvgIpc) is 2.90. The van der Waals surface area contributed by atoms with Crippen molar-refractivity contribution in [3.8, 4) is 0 Å². The number of rotatable bonds is 2. The number of carbonyl (C=O) groups excluding carboxylic acids is 1. The molecule has 2 aromatic rings. The quantitative estimate of drug-likeness (QED) is 0.860. The first kappa shape index (κ1) is 13.5. The summed E-state index contributed by atoms with van der Waals surface area (Å²) < 4.78 is 0. The Kier molecular flexibility index (Phi) is 3.29. The third kappa shape index (κ3) is 2.44. The van der Waals surface area contributed by atoms with Crippen LogP contribution in [0.2, 0.25) is 0 Å². The Labute approximate surface area is 124 Å². The molecule has 21 heavy (non-hydrogen) atoms. The average molecular weight is 281 g/mol. The van der Waals surface area contributed by atoms with Gasteiger partial charge >= 0.3 is 0 Å². The van der Waals surface area contributed by atoms with Crippen LogP contribution in [0.25, 0.3) is 0 Å².